The van der Waals surface area contributed by atoms with E-state index >= 15 is 0 Å². The van der Waals surface area contributed by atoms with Crippen LogP contribution < -0.4 is 20.1 Å². The zero-order valence-electron chi connectivity index (χ0n) is 15.1. The fourth-order valence-corrected chi connectivity index (χ4v) is 2.95. The highest BCUT2D eigenvalue weighted by Crippen LogP contribution is 2.29. The van der Waals surface area contributed by atoms with E-state index in [9.17, 15) is 18.0 Å². The summed E-state index contributed by atoms with van der Waals surface area (Å²) >= 11 is 0. The van der Waals surface area contributed by atoms with Crippen LogP contribution in [-0.2, 0) is 0 Å². The Labute approximate surface area is 150 Å². The quantitative estimate of drug-likeness (QED) is 0.791. The first-order chi connectivity index (χ1) is 12.3. The molecule has 1 atom stereocenters. The number of halogens is 3. The average molecular weight is 375 g/mol. The molecule has 0 radical (unpaired) electrons. The van der Waals surface area contributed by atoms with Crippen LogP contribution in [0.25, 0.3) is 0 Å². The molecule has 26 heavy (non-hydrogen) atoms. The summed E-state index contributed by atoms with van der Waals surface area (Å²) in [7, 11) is 2.90. The maximum atomic E-state index is 13.4. The smallest absolute Gasteiger partial charge is 0.405 e. The van der Waals surface area contributed by atoms with Crippen molar-refractivity contribution in [1.29, 1.82) is 0 Å². The number of piperazine rings is 1. The van der Waals surface area contributed by atoms with Crippen molar-refractivity contribution in [2.75, 3.05) is 46.9 Å². The van der Waals surface area contributed by atoms with Crippen LogP contribution in [0.5, 0.6) is 11.5 Å². The number of carbonyl (C=O) groups excluding carboxylic acids is 1. The van der Waals surface area contributed by atoms with Crippen molar-refractivity contribution in [3.05, 3.63) is 23.3 Å². The number of nitrogens with zero attached hydrogens (tertiary/aromatic N) is 1. The molecular weight excluding hydrogens is 351 g/mol. The molecule has 1 fully saturated rings. The van der Waals surface area contributed by atoms with E-state index in [4.69, 9.17) is 9.47 Å². The molecule has 6 nitrogen and oxygen atoms in total. The summed E-state index contributed by atoms with van der Waals surface area (Å²) in [5.41, 5.74) is 0.895. The highest BCUT2D eigenvalue weighted by Gasteiger charge is 2.43. The van der Waals surface area contributed by atoms with E-state index in [0.29, 0.717) is 30.2 Å². The number of nitrogens with one attached hydrogen (secondary N) is 2. The van der Waals surface area contributed by atoms with Gasteiger partial charge in [-0.2, -0.15) is 13.2 Å². The normalized spacial score (nSPS) is 16.8. The molecule has 0 aliphatic carbocycles. The summed E-state index contributed by atoms with van der Waals surface area (Å²) < 4.78 is 50.6. The SMILES string of the molecule is COc1cc(C(=O)NCC(N2CCNCC2)C(F)(F)F)cc(OC)c1C. The number of hydrogen-bond acceptors (Lipinski definition) is 5. The zero-order chi connectivity index (χ0) is 19.3. The molecule has 1 aromatic rings. The summed E-state index contributed by atoms with van der Waals surface area (Å²) in [4.78, 5) is 13.7. The van der Waals surface area contributed by atoms with Gasteiger partial charge in [-0.1, -0.05) is 0 Å². The van der Waals surface area contributed by atoms with Crippen LogP contribution in [0.2, 0.25) is 0 Å². The van der Waals surface area contributed by atoms with Gasteiger partial charge in [-0.3, -0.25) is 9.69 Å². The first kappa shape index (κ1) is 20.3. The van der Waals surface area contributed by atoms with Crippen LogP contribution in [-0.4, -0.2) is 70.0 Å². The first-order valence-corrected chi connectivity index (χ1v) is 8.30. The number of ether oxygens (including phenoxy) is 2. The summed E-state index contributed by atoms with van der Waals surface area (Å²) in [5.74, 6) is 0.263. The molecule has 1 unspecified atom stereocenters. The summed E-state index contributed by atoms with van der Waals surface area (Å²) in [6, 6.07) is 1.25. The molecule has 1 aromatic carbocycles. The Kier molecular flexibility index (Phi) is 6.71. The lowest BCUT2D eigenvalue weighted by Gasteiger charge is -2.35. The van der Waals surface area contributed by atoms with Crippen molar-refractivity contribution in [1.82, 2.24) is 15.5 Å². The van der Waals surface area contributed by atoms with Crippen LogP contribution in [0.4, 0.5) is 13.2 Å². The van der Waals surface area contributed by atoms with Gasteiger partial charge in [0.2, 0.25) is 0 Å². The molecule has 2 rings (SSSR count). The topological polar surface area (TPSA) is 62.8 Å². The van der Waals surface area contributed by atoms with Crippen LogP contribution in [0.3, 0.4) is 0 Å². The van der Waals surface area contributed by atoms with Gasteiger partial charge in [0.1, 0.15) is 17.5 Å². The maximum absolute atomic E-state index is 13.4. The Bertz CT molecular complexity index is 606. The van der Waals surface area contributed by atoms with Crippen molar-refractivity contribution in [3.63, 3.8) is 0 Å². The zero-order valence-corrected chi connectivity index (χ0v) is 15.1. The maximum Gasteiger partial charge on any atom is 0.405 e. The predicted octanol–water partition coefficient (Wildman–Crippen LogP) is 1.58. The van der Waals surface area contributed by atoms with E-state index in [1.54, 1.807) is 6.92 Å². The number of alkyl halides is 3. The van der Waals surface area contributed by atoms with Crippen molar-refractivity contribution >= 4 is 5.91 Å². The van der Waals surface area contributed by atoms with E-state index < -0.39 is 24.7 Å². The van der Waals surface area contributed by atoms with E-state index in [0.717, 1.165) is 0 Å². The number of carbonyl (C=O) groups is 1. The van der Waals surface area contributed by atoms with E-state index in [1.807, 2.05) is 0 Å². The van der Waals surface area contributed by atoms with Crippen LogP contribution in [0, 0.1) is 6.92 Å². The van der Waals surface area contributed by atoms with E-state index in [-0.39, 0.29) is 18.7 Å². The fraction of sp³-hybridized carbons (Fsp3) is 0.588. The standard InChI is InChI=1S/C17H24F3N3O3/c1-11-13(25-2)8-12(9-14(11)26-3)16(24)22-10-15(17(18,19)20)23-6-4-21-5-7-23/h8-9,15,21H,4-7,10H2,1-3H3,(H,22,24). The van der Waals surface area contributed by atoms with Gasteiger partial charge in [0.25, 0.3) is 5.91 Å². The number of benzene rings is 1. The number of hydrogen-bond donors (Lipinski definition) is 2. The highest BCUT2D eigenvalue weighted by atomic mass is 19.4. The second-order valence-electron chi connectivity index (χ2n) is 6.06. The minimum atomic E-state index is -4.42. The van der Waals surface area contributed by atoms with Gasteiger partial charge in [0, 0.05) is 43.9 Å². The Hall–Kier alpha value is -2.00. The van der Waals surface area contributed by atoms with Gasteiger partial charge in [-0.25, -0.2) is 0 Å². The van der Waals surface area contributed by atoms with E-state index in [1.165, 1.54) is 31.3 Å². The first-order valence-electron chi connectivity index (χ1n) is 8.30. The van der Waals surface area contributed by atoms with Crippen molar-refractivity contribution in [2.45, 2.75) is 19.1 Å². The van der Waals surface area contributed by atoms with Gasteiger partial charge in [0.15, 0.2) is 0 Å². The molecule has 1 saturated heterocycles. The monoisotopic (exact) mass is 375 g/mol. The van der Waals surface area contributed by atoms with Crippen LogP contribution >= 0.6 is 0 Å². The average Bonchev–Trinajstić information content (AvgIpc) is 2.61. The molecule has 0 bridgehead atoms. The van der Waals surface area contributed by atoms with Crippen LogP contribution in [0.1, 0.15) is 15.9 Å². The molecule has 9 heteroatoms. The number of rotatable bonds is 6. The lowest BCUT2D eigenvalue weighted by Crippen LogP contribution is -2.57. The predicted molar refractivity (Wildman–Crippen MR) is 90.9 cm³/mol. The number of methoxy groups -OCH3 is 2. The fourth-order valence-electron chi connectivity index (χ4n) is 2.95. The van der Waals surface area contributed by atoms with Gasteiger partial charge in [-0.05, 0) is 19.1 Å². The van der Waals surface area contributed by atoms with Gasteiger partial charge >= 0.3 is 6.18 Å². The molecule has 146 valence electrons. The van der Waals surface area contributed by atoms with Gasteiger partial charge in [-0.15, -0.1) is 0 Å². The molecule has 1 amide bonds. The van der Waals surface area contributed by atoms with Crippen molar-refractivity contribution in [2.24, 2.45) is 0 Å². The Morgan fingerprint density at radius 3 is 2.23 bits per heavy atom. The summed E-state index contributed by atoms with van der Waals surface area (Å²) in [5, 5.41) is 5.41. The molecule has 1 aliphatic heterocycles. The summed E-state index contributed by atoms with van der Waals surface area (Å²) in [6.07, 6.45) is -4.42. The van der Waals surface area contributed by atoms with Crippen LogP contribution in [0.15, 0.2) is 12.1 Å². The minimum Gasteiger partial charge on any atom is -0.496 e. The van der Waals surface area contributed by atoms with Gasteiger partial charge in [0.05, 0.1) is 14.2 Å². The lowest BCUT2D eigenvalue weighted by molar-refractivity contribution is -0.183. The second-order valence-corrected chi connectivity index (χ2v) is 6.06. The van der Waals surface area contributed by atoms with Crippen molar-refractivity contribution < 1.29 is 27.4 Å². The number of amides is 1. The Morgan fingerprint density at radius 1 is 1.23 bits per heavy atom. The molecule has 1 aliphatic rings. The van der Waals surface area contributed by atoms with Gasteiger partial charge < -0.3 is 20.1 Å². The molecule has 0 saturated carbocycles. The minimum absolute atomic E-state index is 0.186. The largest absolute Gasteiger partial charge is 0.496 e. The Morgan fingerprint density at radius 2 is 1.77 bits per heavy atom. The van der Waals surface area contributed by atoms with Crippen molar-refractivity contribution in [3.8, 4) is 11.5 Å². The van der Waals surface area contributed by atoms with E-state index in [2.05, 4.69) is 10.6 Å². The molecular formula is C17H24F3N3O3. The second kappa shape index (κ2) is 8.59. The summed E-state index contributed by atoms with van der Waals surface area (Å²) in [6.45, 7) is 2.81. The molecule has 1 heterocycles. The molecule has 0 aromatic heterocycles. The third-order valence-corrected chi connectivity index (χ3v) is 4.44. The molecule has 2 N–H and O–H groups in total. The Balaban J connectivity index is 2.12. The third-order valence-electron chi connectivity index (χ3n) is 4.44. The highest BCUT2D eigenvalue weighted by molar-refractivity contribution is 5.95. The third kappa shape index (κ3) is 4.79. The molecule has 0 spiro atoms. The lowest BCUT2D eigenvalue weighted by atomic mass is 10.1.